The Morgan fingerprint density at radius 3 is 2.23 bits per heavy atom. The van der Waals surface area contributed by atoms with E-state index >= 15 is 0 Å². The van der Waals surface area contributed by atoms with Gasteiger partial charge in [0.05, 0.1) is 5.52 Å². The fourth-order valence-corrected chi connectivity index (χ4v) is 6.66. The number of aromatic nitrogens is 2. The Morgan fingerprint density at radius 1 is 1.00 bits per heavy atom. The minimum Gasteiger partial charge on any atom is -0.345 e. The number of pyridine rings is 1. The van der Waals surface area contributed by atoms with Crippen LogP contribution in [0.3, 0.4) is 0 Å². The lowest BCUT2D eigenvalue weighted by molar-refractivity contribution is -0.0167. The first kappa shape index (κ1) is 18.9. The van der Waals surface area contributed by atoms with E-state index in [4.69, 9.17) is 0 Å². The number of carbonyl (C=O) groups excluding carboxylic acids is 1. The third kappa shape index (κ3) is 2.97. The summed E-state index contributed by atoms with van der Waals surface area (Å²) in [6, 6.07) is 7.09. The van der Waals surface area contributed by atoms with Crippen molar-refractivity contribution in [1.82, 2.24) is 14.7 Å². The van der Waals surface area contributed by atoms with E-state index in [1.165, 1.54) is 19.3 Å². The van der Waals surface area contributed by atoms with Crippen molar-refractivity contribution in [3.8, 4) is 11.4 Å². The van der Waals surface area contributed by atoms with Gasteiger partial charge in [-0.3, -0.25) is 9.20 Å². The number of nitrogens with one attached hydrogen (secondary N) is 1. The Kier molecular flexibility index (Phi) is 4.01. The third-order valence-electron chi connectivity index (χ3n) is 7.42. The summed E-state index contributed by atoms with van der Waals surface area (Å²) in [6.07, 6.45) is 8.53. The number of fused-ring (bicyclic) bond motifs is 1. The molecule has 4 saturated carbocycles. The topological polar surface area (TPSA) is 46.4 Å². The molecular formula is C24H22F3N3O. The van der Waals surface area contributed by atoms with Crippen LogP contribution in [-0.2, 0) is 0 Å². The number of halogens is 3. The third-order valence-corrected chi connectivity index (χ3v) is 7.42. The molecule has 31 heavy (non-hydrogen) atoms. The molecule has 1 amide bonds. The maximum atomic E-state index is 13.8. The van der Waals surface area contributed by atoms with Crippen molar-refractivity contribution in [3.63, 3.8) is 0 Å². The number of amides is 1. The molecule has 2 aromatic heterocycles. The number of benzene rings is 1. The van der Waals surface area contributed by atoms with Crippen molar-refractivity contribution in [2.24, 2.45) is 17.8 Å². The van der Waals surface area contributed by atoms with Gasteiger partial charge in [-0.25, -0.2) is 18.2 Å². The highest BCUT2D eigenvalue weighted by Gasteiger charge is 2.51. The van der Waals surface area contributed by atoms with Gasteiger partial charge in [-0.1, -0.05) is 6.07 Å². The van der Waals surface area contributed by atoms with Crippen molar-refractivity contribution >= 4 is 11.4 Å². The summed E-state index contributed by atoms with van der Waals surface area (Å²) >= 11 is 0. The monoisotopic (exact) mass is 425 g/mol. The maximum Gasteiger partial charge on any atom is 0.272 e. The highest BCUT2D eigenvalue weighted by molar-refractivity contribution is 6.00. The highest BCUT2D eigenvalue weighted by Crippen LogP contribution is 2.55. The van der Waals surface area contributed by atoms with Crippen LogP contribution in [0.15, 0.2) is 36.5 Å². The lowest BCUT2D eigenvalue weighted by Crippen LogP contribution is -2.59. The predicted molar refractivity (Wildman–Crippen MR) is 109 cm³/mol. The molecule has 1 N–H and O–H groups in total. The molecular weight excluding hydrogens is 403 g/mol. The molecule has 0 spiro atoms. The van der Waals surface area contributed by atoms with E-state index < -0.39 is 17.5 Å². The molecule has 1 aromatic carbocycles. The number of hydrogen-bond acceptors (Lipinski definition) is 2. The Balaban J connectivity index is 1.39. The van der Waals surface area contributed by atoms with Crippen molar-refractivity contribution < 1.29 is 18.0 Å². The van der Waals surface area contributed by atoms with Crippen molar-refractivity contribution in [2.45, 2.75) is 44.1 Å². The number of imidazole rings is 1. The average molecular weight is 425 g/mol. The smallest absolute Gasteiger partial charge is 0.272 e. The first-order valence-corrected chi connectivity index (χ1v) is 10.9. The zero-order valence-corrected chi connectivity index (χ0v) is 16.9. The standard InChI is InChI=1S/C24H22F3N3O/c25-17-8-16(9-18(26)20(17)27)22-28-21(19-3-1-2-4-30(19)22)23(31)29-24-10-13-5-14(11-24)7-15(6-13)12-24/h1-4,8-9,13-15H,5-7,10-12H2,(H,29,31). The van der Waals surface area contributed by atoms with Crippen LogP contribution < -0.4 is 5.32 Å². The summed E-state index contributed by atoms with van der Waals surface area (Å²) < 4.78 is 42.8. The predicted octanol–water partition coefficient (Wildman–Crippen LogP) is 5.12. The quantitative estimate of drug-likeness (QED) is 0.593. The Morgan fingerprint density at radius 2 is 1.61 bits per heavy atom. The van der Waals surface area contributed by atoms with Crippen LogP contribution in [0.5, 0.6) is 0 Å². The van der Waals surface area contributed by atoms with E-state index in [2.05, 4.69) is 10.3 Å². The molecule has 2 heterocycles. The van der Waals surface area contributed by atoms with Crippen molar-refractivity contribution in [1.29, 1.82) is 0 Å². The second kappa shape index (κ2) is 6.58. The highest BCUT2D eigenvalue weighted by atomic mass is 19.2. The molecule has 3 aromatic rings. The maximum absolute atomic E-state index is 13.8. The summed E-state index contributed by atoms with van der Waals surface area (Å²) in [5.74, 6) is -2.11. The molecule has 0 unspecified atom stereocenters. The molecule has 0 radical (unpaired) electrons. The Bertz CT molecular complexity index is 1160. The van der Waals surface area contributed by atoms with Gasteiger partial charge in [0.25, 0.3) is 5.91 Å². The molecule has 4 aliphatic rings. The molecule has 4 aliphatic carbocycles. The molecule has 0 atom stereocenters. The van der Waals surface area contributed by atoms with Crippen LogP contribution in [0.1, 0.15) is 49.0 Å². The molecule has 160 valence electrons. The minimum absolute atomic E-state index is 0.0754. The average Bonchev–Trinajstić information content (AvgIpc) is 3.10. The summed E-state index contributed by atoms with van der Waals surface area (Å²) in [6.45, 7) is 0. The molecule has 4 fully saturated rings. The number of rotatable bonds is 3. The molecule has 7 rings (SSSR count). The van der Waals surface area contributed by atoms with Crippen LogP contribution in [-0.4, -0.2) is 20.8 Å². The van der Waals surface area contributed by atoms with Gasteiger partial charge in [0.1, 0.15) is 5.82 Å². The SMILES string of the molecule is O=C(NC12CC3CC(CC(C3)C1)C2)c1nc(-c2cc(F)c(F)c(F)c2)n2ccccc12. The molecule has 0 saturated heterocycles. The fourth-order valence-electron chi connectivity index (χ4n) is 6.66. The zero-order chi connectivity index (χ0) is 21.3. The van der Waals surface area contributed by atoms with E-state index in [1.807, 2.05) is 0 Å². The Hall–Kier alpha value is -2.83. The molecule has 4 bridgehead atoms. The van der Waals surface area contributed by atoms with Crippen LogP contribution >= 0.6 is 0 Å². The van der Waals surface area contributed by atoms with Gasteiger partial charge >= 0.3 is 0 Å². The van der Waals surface area contributed by atoms with Gasteiger partial charge < -0.3 is 5.32 Å². The van der Waals surface area contributed by atoms with Gasteiger partial charge in [-0.05, 0) is 80.5 Å². The number of carbonyl (C=O) groups is 1. The summed E-state index contributed by atoms with van der Waals surface area (Å²) in [4.78, 5) is 17.8. The van der Waals surface area contributed by atoms with Crippen molar-refractivity contribution in [3.05, 3.63) is 59.7 Å². The molecule has 4 nitrogen and oxygen atoms in total. The van der Waals surface area contributed by atoms with Crippen LogP contribution in [0.2, 0.25) is 0 Å². The normalized spacial score (nSPS) is 28.9. The van der Waals surface area contributed by atoms with Crippen LogP contribution in [0, 0.1) is 35.2 Å². The van der Waals surface area contributed by atoms with E-state index in [9.17, 15) is 18.0 Å². The van der Waals surface area contributed by atoms with Crippen LogP contribution in [0.25, 0.3) is 16.9 Å². The van der Waals surface area contributed by atoms with Crippen molar-refractivity contribution in [2.75, 3.05) is 0 Å². The van der Waals surface area contributed by atoms with Gasteiger partial charge in [0.15, 0.2) is 23.1 Å². The van der Waals surface area contributed by atoms with E-state index in [0.29, 0.717) is 23.3 Å². The summed E-state index contributed by atoms with van der Waals surface area (Å²) in [5.41, 5.74) is 0.665. The fraction of sp³-hybridized carbons (Fsp3) is 0.417. The molecule has 0 aliphatic heterocycles. The van der Waals surface area contributed by atoms with Gasteiger partial charge in [-0.15, -0.1) is 0 Å². The second-order valence-corrected chi connectivity index (χ2v) is 9.65. The van der Waals surface area contributed by atoms with E-state index in [0.717, 1.165) is 31.4 Å². The van der Waals surface area contributed by atoms with E-state index in [-0.39, 0.29) is 28.5 Å². The second-order valence-electron chi connectivity index (χ2n) is 9.65. The lowest BCUT2D eigenvalue weighted by Gasteiger charge is -2.56. The summed E-state index contributed by atoms with van der Waals surface area (Å²) in [7, 11) is 0. The first-order valence-electron chi connectivity index (χ1n) is 10.9. The van der Waals surface area contributed by atoms with Gasteiger partial charge in [0, 0.05) is 17.3 Å². The number of hydrogen-bond donors (Lipinski definition) is 1. The summed E-state index contributed by atoms with van der Waals surface area (Å²) in [5, 5.41) is 3.31. The van der Waals surface area contributed by atoms with E-state index in [1.54, 1.807) is 28.8 Å². The minimum atomic E-state index is -1.52. The van der Waals surface area contributed by atoms with Gasteiger partial charge in [0.2, 0.25) is 0 Å². The van der Waals surface area contributed by atoms with Gasteiger partial charge in [-0.2, -0.15) is 0 Å². The lowest BCUT2D eigenvalue weighted by atomic mass is 9.53. The Labute approximate surface area is 177 Å². The van der Waals surface area contributed by atoms with Crippen LogP contribution in [0.4, 0.5) is 13.2 Å². The molecule has 7 heteroatoms. The number of nitrogens with zero attached hydrogens (tertiary/aromatic N) is 2. The zero-order valence-electron chi connectivity index (χ0n) is 16.9. The first-order chi connectivity index (χ1) is 14.9. The largest absolute Gasteiger partial charge is 0.345 e.